The molecule has 0 saturated carbocycles. The van der Waals surface area contributed by atoms with Crippen LogP contribution in [0.25, 0.3) is 5.76 Å². The van der Waals surface area contributed by atoms with Crippen molar-refractivity contribution in [3.8, 4) is 5.75 Å². The summed E-state index contributed by atoms with van der Waals surface area (Å²) >= 11 is 1.35. The Labute approximate surface area is 178 Å². The van der Waals surface area contributed by atoms with Gasteiger partial charge in [0.15, 0.2) is 5.13 Å². The number of carbonyl (C=O) groups excluding carboxylic acids is 2. The van der Waals surface area contributed by atoms with Crippen molar-refractivity contribution in [2.24, 2.45) is 0 Å². The lowest BCUT2D eigenvalue weighted by molar-refractivity contribution is -0.132. The summed E-state index contributed by atoms with van der Waals surface area (Å²) in [5.41, 5.74) is 2.00. The van der Waals surface area contributed by atoms with Gasteiger partial charge >= 0.3 is 5.91 Å². The normalized spacial score (nSPS) is 18.1. The first-order valence-electron chi connectivity index (χ1n) is 9.36. The zero-order chi connectivity index (χ0) is 21.4. The molecule has 0 bridgehead atoms. The van der Waals surface area contributed by atoms with E-state index in [1.165, 1.54) is 16.2 Å². The lowest BCUT2D eigenvalue weighted by Gasteiger charge is -2.23. The number of benzene rings is 2. The van der Waals surface area contributed by atoms with Crippen molar-refractivity contribution in [2.45, 2.75) is 19.9 Å². The zero-order valence-electron chi connectivity index (χ0n) is 16.7. The summed E-state index contributed by atoms with van der Waals surface area (Å²) < 4.78 is 5.16. The second-order valence-electron chi connectivity index (χ2n) is 6.95. The second-order valence-corrected chi connectivity index (χ2v) is 8.13. The quantitative estimate of drug-likeness (QED) is 0.385. The summed E-state index contributed by atoms with van der Waals surface area (Å²) in [6.45, 7) is 3.78. The van der Waals surface area contributed by atoms with Gasteiger partial charge in [-0.1, -0.05) is 30.3 Å². The van der Waals surface area contributed by atoms with E-state index in [0.717, 1.165) is 16.1 Å². The van der Waals surface area contributed by atoms with Gasteiger partial charge in [-0.3, -0.25) is 14.5 Å². The maximum atomic E-state index is 13.0. The molecule has 0 spiro atoms. The number of Topliss-reactive ketones (excluding diaryl/α,β-unsaturated/α-hetero) is 1. The lowest BCUT2D eigenvalue weighted by atomic mass is 9.95. The van der Waals surface area contributed by atoms with Crippen LogP contribution >= 0.6 is 11.3 Å². The molecule has 30 heavy (non-hydrogen) atoms. The molecule has 2 heterocycles. The first-order valence-corrected chi connectivity index (χ1v) is 10.2. The van der Waals surface area contributed by atoms with Crippen LogP contribution in [0.15, 0.2) is 60.2 Å². The number of anilines is 1. The molecule has 2 aromatic carbocycles. The van der Waals surface area contributed by atoms with Gasteiger partial charge in [-0.25, -0.2) is 4.98 Å². The van der Waals surface area contributed by atoms with Crippen LogP contribution in [0.1, 0.15) is 27.7 Å². The number of hydrogen-bond acceptors (Lipinski definition) is 6. The predicted octanol–water partition coefficient (Wildman–Crippen LogP) is 4.39. The molecule has 152 valence electrons. The fourth-order valence-corrected chi connectivity index (χ4v) is 4.38. The van der Waals surface area contributed by atoms with E-state index in [-0.39, 0.29) is 11.3 Å². The van der Waals surface area contributed by atoms with Crippen molar-refractivity contribution in [1.29, 1.82) is 0 Å². The molecule has 1 aromatic heterocycles. The van der Waals surface area contributed by atoms with Gasteiger partial charge in [0.25, 0.3) is 5.78 Å². The first-order chi connectivity index (χ1) is 14.4. The number of aliphatic hydroxyl groups is 1. The third-order valence-electron chi connectivity index (χ3n) is 5.15. The van der Waals surface area contributed by atoms with Crippen LogP contribution in [-0.4, -0.2) is 28.9 Å². The SMILES string of the molecule is COc1ccc(C(O)=C2C(=O)C(=O)N(c3nc(C)c(C)s3)[C@@H]2c2ccccc2)cc1. The number of ether oxygens (including phenoxy) is 1. The van der Waals surface area contributed by atoms with Crippen molar-refractivity contribution >= 4 is 33.9 Å². The number of rotatable bonds is 4. The summed E-state index contributed by atoms with van der Waals surface area (Å²) in [7, 11) is 1.55. The largest absolute Gasteiger partial charge is 0.507 e. The minimum Gasteiger partial charge on any atom is -0.507 e. The van der Waals surface area contributed by atoms with E-state index in [1.54, 1.807) is 31.4 Å². The highest BCUT2D eigenvalue weighted by molar-refractivity contribution is 7.16. The number of aryl methyl sites for hydroxylation is 2. The fourth-order valence-electron chi connectivity index (χ4n) is 3.44. The number of carbonyl (C=O) groups is 2. The number of methoxy groups -OCH3 is 1. The predicted molar refractivity (Wildman–Crippen MR) is 116 cm³/mol. The number of aliphatic hydroxyl groups excluding tert-OH is 1. The van der Waals surface area contributed by atoms with Crippen molar-refractivity contribution in [3.05, 3.63) is 81.9 Å². The van der Waals surface area contributed by atoms with Gasteiger partial charge in [0.1, 0.15) is 11.5 Å². The maximum Gasteiger partial charge on any atom is 0.301 e. The van der Waals surface area contributed by atoms with Crippen LogP contribution in [0.4, 0.5) is 5.13 Å². The van der Waals surface area contributed by atoms with Crippen molar-refractivity contribution in [2.75, 3.05) is 12.0 Å². The Morgan fingerprint density at radius 3 is 2.30 bits per heavy atom. The first kappa shape index (κ1) is 19.8. The van der Waals surface area contributed by atoms with E-state index in [2.05, 4.69) is 4.98 Å². The molecule has 1 aliphatic rings. The summed E-state index contributed by atoms with van der Waals surface area (Å²) in [6.07, 6.45) is 0. The van der Waals surface area contributed by atoms with Crippen LogP contribution in [0, 0.1) is 13.8 Å². The van der Waals surface area contributed by atoms with Gasteiger partial charge in [0.05, 0.1) is 24.4 Å². The minimum atomic E-state index is -0.766. The standard InChI is InChI=1S/C23H20N2O4S/c1-13-14(2)30-23(24-13)25-19(15-7-5-4-6-8-15)18(21(27)22(25)28)20(26)16-9-11-17(29-3)12-10-16/h4-12,19,26H,1-3H3/t19-/m1/s1. The van der Waals surface area contributed by atoms with E-state index in [9.17, 15) is 14.7 Å². The van der Waals surface area contributed by atoms with Gasteiger partial charge < -0.3 is 9.84 Å². The highest BCUT2D eigenvalue weighted by atomic mass is 32.1. The van der Waals surface area contributed by atoms with E-state index < -0.39 is 17.7 Å². The van der Waals surface area contributed by atoms with Crippen LogP contribution in [0.3, 0.4) is 0 Å². The third-order valence-corrected chi connectivity index (χ3v) is 6.22. The molecule has 0 radical (unpaired) electrons. The molecular weight excluding hydrogens is 400 g/mol. The van der Waals surface area contributed by atoms with E-state index in [1.807, 2.05) is 44.2 Å². The molecule has 7 heteroatoms. The Morgan fingerprint density at radius 1 is 1.07 bits per heavy atom. The molecule has 6 nitrogen and oxygen atoms in total. The van der Waals surface area contributed by atoms with Crippen LogP contribution in [0.2, 0.25) is 0 Å². The van der Waals surface area contributed by atoms with Gasteiger partial charge in [-0.2, -0.15) is 0 Å². The monoisotopic (exact) mass is 420 g/mol. The molecule has 0 aliphatic carbocycles. The lowest BCUT2D eigenvalue weighted by Crippen LogP contribution is -2.29. The molecule has 1 amide bonds. The van der Waals surface area contributed by atoms with Crippen molar-refractivity contribution in [3.63, 3.8) is 0 Å². The average Bonchev–Trinajstić information content (AvgIpc) is 3.24. The minimum absolute atomic E-state index is 0.0434. The highest BCUT2D eigenvalue weighted by Crippen LogP contribution is 2.43. The molecule has 4 rings (SSSR count). The zero-order valence-corrected chi connectivity index (χ0v) is 17.6. The Hall–Kier alpha value is -3.45. The van der Waals surface area contributed by atoms with Crippen molar-refractivity contribution < 1.29 is 19.4 Å². The molecule has 1 aliphatic heterocycles. The summed E-state index contributed by atoms with van der Waals surface area (Å²) in [5.74, 6) is -1.03. The molecule has 1 saturated heterocycles. The average molecular weight is 420 g/mol. The number of amides is 1. The van der Waals surface area contributed by atoms with Crippen molar-refractivity contribution in [1.82, 2.24) is 4.98 Å². The Kier molecular flexibility index (Phi) is 5.13. The van der Waals surface area contributed by atoms with Crippen LogP contribution < -0.4 is 9.64 Å². The molecule has 0 unspecified atom stereocenters. The Bertz CT molecular complexity index is 1130. The number of aromatic nitrogens is 1. The number of thiazole rings is 1. The van der Waals surface area contributed by atoms with Gasteiger partial charge in [0, 0.05) is 10.4 Å². The molecule has 1 N–H and O–H groups in total. The molecule has 1 fully saturated rings. The number of ketones is 1. The fraction of sp³-hybridized carbons (Fsp3) is 0.174. The number of nitrogens with zero attached hydrogens (tertiary/aromatic N) is 2. The van der Waals surface area contributed by atoms with E-state index in [4.69, 9.17) is 4.74 Å². The highest BCUT2D eigenvalue weighted by Gasteiger charge is 2.48. The summed E-state index contributed by atoms with van der Waals surface area (Å²) in [5, 5.41) is 11.5. The summed E-state index contributed by atoms with van der Waals surface area (Å²) in [4.78, 5) is 32.9. The number of hydrogen-bond donors (Lipinski definition) is 1. The smallest absolute Gasteiger partial charge is 0.301 e. The Morgan fingerprint density at radius 2 is 1.73 bits per heavy atom. The molecular formula is C23H20N2O4S. The maximum absolute atomic E-state index is 13.0. The third kappa shape index (κ3) is 3.27. The molecule has 3 aromatic rings. The van der Waals surface area contributed by atoms with E-state index in [0.29, 0.717) is 16.4 Å². The Balaban J connectivity index is 1.91. The van der Waals surface area contributed by atoms with Crippen LogP contribution in [0.5, 0.6) is 5.75 Å². The molecule has 1 atom stereocenters. The van der Waals surface area contributed by atoms with Gasteiger partial charge in [0.2, 0.25) is 0 Å². The van der Waals surface area contributed by atoms with Gasteiger partial charge in [-0.05, 0) is 43.7 Å². The second kappa shape index (κ2) is 7.76. The summed E-state index contributed by atoms with van der Waals surface area (Å²) in [6, 6.07) is 15.1. The van der Waals surface area contributed by atoms with Crippen LogP contribution in [-0.2, 0) is 9.59 Å². The van der Waals surface area contributed by atoms with Gasteiger partial charge in [-0.15, -0.1) is 11.3 Å². The van der Waals surface area contributed by atoms with E-state index >= 15 is 0 Å². The topological polar surface area (TPSA) is 79.7 Å².